The molecule has 1 aromatic rings. The summed E-state index contributed by atoms with van der Waals surface area (Å²) in [5, 5.41) is 0. The van der Waals surface area contributed by atoms with Gasteiger partial charge in [-0.1, -0.05) is 33.8 Å². The zero-order valence-corrected chi connectivity index (χ0v) is 10.9. The van der Waals surface area contributed by atoms with Crippen LogP contribution >= 0.6 is 0 Å². The lowest BCUT2D eigenvalue weighted by Gasteiger charge is -2.08. The van der Waals surface area contributed by atoms with Gasteiger partial charge in [0.15, 0.2) is 0 Å². The molecule has 0 unspecified atom stereocenters. The van der Waals surface area contributed by atoms with Gasteiger partial charge in [-0.05, 0) is 37.1 Å². The minimum absolute atomic E-state index is 0.578. The van der Waals surface area contributed by atoms with Crippen LogP contribution in [0, 0.1) is 13.8 Å². The third-order valence-electron chi connectivity index (χ3n) is 1.83. The molecule has 94 valence electrons. The van der Waals surface area contributed by atoms with Crippen molar-refractivity contribution in [2.45, 2.75) is 47.7 Å². The Bertz CT molecular complexity index is 288. The number of halogens is 3. The van der Waals surface area contributed by atoms with E-state index in [1.807, 2.05) is 27.7 Å². The molecule has 0 saturated heterocycles. The molecule has 1 aromatic carbocycles. The predicted molar refractivity (Wildman–Crippen MR) is 63.6 cm³/mol. The third kappa shape index (κ3) is 5.79. The van der Waals surface area contributed by atoms with Gasteiger partial charge in [0.1, 0.15) is 0 Å². The van der Waals surface area contributed by atoms with Crippen molar-refractivity contribution in [3.63, 3.8) is 0 Å². The number of alkyl halides is 3. The summed E-state index contributed by atoms with van der Waals surface area (Å²) in [6, 6.07) is 3.75. The van der Waals surface area contributed by atoms with Crippen LogP contribution in [0.2, 0.25) is 0 Å². The van der Waals surface area contributed by atoms with Crippen molar-refractivity contribution >= 4 is 0 Å². The Kier molecular flexibility index (Phi) is 8.92. The van der Waals surface area contributed by atoms with Crippen LogP contribution in [0.15, 0.2) is 18.2 Å². The van der Waals surface area contributed by atoms with E-state index in [1.165, 1.54) is 6.07 Å². The Balaban J connectivity index is 0. The second kappa shape index (κ2) is 8.20. The van der Waals surface area contributed by atoms with Crippen molar-refractivity contribution in [3.8, 4) is 0 Å². The molecular formula is C13H21F3. The predicted octanol–water partition coefficient (Wildman–Crippen LogP) is 5.37. The maximum Gasteiger partial charge on any atom is 0.416 e. The molecule has 0 amide bonds. The number of benzene rings is 1. The van der Waals surface area contributed by atoms with E-state index in [2.05, 4.69) is 0 Å². The molecule has 0 aliphatic carbocycles. The summed E-state index contributed by atoms with van der Waals surface area (Å²) in [4.78, 5) is 0. The van der Waals surface area contributed by atoms with Gasteiger partial charge in [0.05, 0.1) is 5.56 Å². The summed E-state index contributed by atoms with van der Waals surface area (Å²) in [5.41, 5.74) is 0.971. The first-order valence-corrected chi connectivity index (χ1v) is 5.55. The molecule has 0 atom stereocenters. The van der Waals surface area contributed by atoms with E-state index < -0.39 is 11.7 Å². The van der Waals surface area contributed by atoms with E-state index in [1.54, 1.807) is 13.8 Å². The van der Waals surface area contributed by atoms with Crippen LogP contribution in [0.1, 0.15) is 44.4 Å². The number of rotatable bonds is 0. The first-order chi connectivity index (χ1) is 7.41. The average molecular weight is 234 g/mol. The maximum atomic E-state index is 12.1. The molecule has 0 aliphatic rings. The fourth-order valence-corrected chi connectivity index (χ4v) is 0.918. The number of hydrogen-bond donors (Lipinski definition) is 0. The molecule has 0 bridgehead atoms. The van der Waals surface area contributed by atoms with Crippen molar-refractivity contribution < 1.29 is 13.2 Å². The van der Waals surface area contributed by atoms with Crippen molar-refractivity contribution in [1.82, 2.24) is 0 Å². The van der Waals surface area contributed by atoms with Gasteiger partial charge >= 0.3 is 6.18 Å². The van der Waals surface area contributed by atoms with Crippen molar-refractivity contribution in [1.29, 1.82) is 0 Å². The van der Waals surface area contributed by atoms with Crippen LogP contribution in [-0.4, -0.2) is 0 Å². The van der Waals surface area contributed by atoms with Crippen molar-refractivity contribution in [2.75, 3.05) is 0 Å². The van der Waals surface area contributed by atoms with Gasteiger partial charge in [-0.2, -0.15) is 13.2 Å². The Hall–Kier alpha value is -0.990. The highest BCUT2D eigenvalue weighted by atomic mass is 19.4. The number of hydrogen-bond acceptors (Lipinski definition) is 0. The minimum atomic E-state index is -4.22. The zero-order valence-electron chi connectivity index (χ0n) is 10.9. The Morgan fingerprint density at radius 2 is 1.25 bits per heavy atom. The molecule has 0 fully saturated rings. The third-order valence-corrected chi connectivity index (χ3v) is 1.83. The largest absolute Gasteiger partial charge is 0.416 e. The van der Waals surface area contributed by atoms with Gasteiger partial charge in [0.2, 0.25) is 0 Å². The summed E-state index contributed by atoms with van der Waals surface area (Å²) in [7, 11) is 0. The van der Waals surface area contributed by atoms with Crippen LogP contribution in [0.4, 0.5) is 13.2 Å². The fraction of sp³-hybridized carbons (Fsp3) is 0.538. The lowest BCUT2D eigenvalue weighted by Crippen LogP contribution is -2.05. The molecule has 0 heterocycles. The normalized spacial score (nSPS) is 9.56. The molecule has 0 saturated carbocycles. The van der Waals surface area contributed by atoms with Crippen molar-refractivity contribution in [3.05, 3.63) is 34.9 Å². The van der Waals surface area contributed by atoms with Gasteiger partial charge in [0, 0.05) is 0 Å². The lowest BCUT2D eigenvalue weighted by molar-refractivity contribution is -0.137. The van der Waals surface area contributed by atoms with Gasteiger partial charge < -0.3 is 0 Å². The van der Waals surface area contributed by atoms with Crippen LogP contribution in [0.25, 0.3) is 0 Å². The molecule has 0 radical (unpaired) electrons. The quantitative estimate of drug-likeness (QED) is 0.565. The SMILES string of the molecule is CC.CC.Cc1ccc(C(F)(F)F)cc1C. The fourth-order valence-electron chi connectivity index (χ4n) is 0.918. The van der Waals surface area contributed by atoms with Crippen LogP contribution in [-0.2, 0) is 6.18 Å². The van der Waals surface area contributed by atoms with E-state index in [0.29, 0.717) is 5.56 Å². The Labute approximate surface area is 96.5 Å². The van der Waals surface area contributed by atoms with E-state index in [4.69, 9.17) is 0 Å². The van der Waals surface area contributed by atoms with Gasteiger partial charge in [0.25, 0.3) is 0 Å². The highest BCUT2D eigenvalue weighted by Gasteiger charge is 2.30. The standard InChI is InChI=1S/C9H9F3.2C2H6/c1-6-3-4-8(5-7(6)2)9(10,11)12;2*1-2/h3-5H,1-2H3;2*1-2H3. The molecule has 16 heavy (non-hydrogen) atoms. The average Bonchev–Trinajstić information content (AvgIpc) is 2.26. The summed E-state index contributed by atoms with van der Waals surface area (Å²) >= 11 is 0. The Morgan fingerprint density at radius 1 is 0.812 bits per heavy atom. The second-order valence-corrected chi connectivity index (χ2v) is 2.80. The lowest BCUT2D eigenvalue weighted by atomic mass is 10.1. The Morgan fingerprint density at radius 3 is 1.56 bits per heavy atom. The molecule has 0 aliphatic heterocycles. The first kappa shape index (κ1) is 17.4. The van der Waals surface area contributed by atoms with E-state index in [0.717, 1.165) is 17.7 Å². The van der Waals surface area contributed by atoms with Crippen molar-refractivity contribution in [2.24, 2.45) is 0 Å². The summed E-state index contributed by atoms with van der Waals surface area (Å²) < 4.78 is 36.3. The van der Waals surface area contributed by atoms with E-state index in [-0.39, 0.29) is 0 Å². The highest BCUT2D eigenvalue weighted by molar-refractivity contribution is 5.31. The molecule has 0 N–H and O–H groups in total. The molecular weight excluding hydrogens is 213 g/mol. The van der Waals surface area contributed by atoms with Gasteiger partial charge in [-0.15, -0.1) is 0 Å². The highest BCUT2D eigenvalue weighted by Crippen LogP contribution is 2.30. The van der Waals surface area contributed by atoms with Crippen LogP contribution in [0.3, 0.4) is 0 Å². The summed E-state index contributed by atoms with van der Waals surface area (Å²) in [6.07, 6.45) is -4.22. The second-order valence-electron chi connectivity index (χ2n) is 2.80. The topological polar surface area (TPSA) is 0 Å². The summed E-state index contributed by atoms with van der Waals surface area (Å²) in [5.74, 6) is 0. The molecule has 0 spiro atoms. The van der Waals surface area contributed by atoms with E-state index >= 15 is 0 Å². The minimum Gasteiger partial charge on any atom is -0.166 e. The van der Waals surface area contributed by atoms with Crippen LogP contribution in [0.5, 0.6) is 0 Å². The molecule has 0 aromatic heterocycles. The first-order valence-electron chi connectivity index (χ1n) is 5.55. The summed E-state index contributed by atoms with van der Waals surface area (Å²) in [6.45, 7) is 11.5. The molecule has 1 rings (SSSR count). The van der Waals surface area contributed by atoms with Gasteiger partial charge in [-0.25, -0.2) is 0 Å². The van der Waals surface area contributed by atoms with Gasteiger partial charge in [-0.3, -0.25) is 0 Å². The van der Waals surface area contributed by atoms with Crippen LogP contribution < -0.4 is 0 Å². The smallest absolute Gasteiger partial charge is 0.166 e. The monoisotopic (exact) mass is 234 g/mol. The zero-order chi connectivity index (χ0) is 13.4. The number of aryl methyl sites for hydroxylation is 2. The molecule has 0 nitrogen and oxygen atoms in total. The van der Waals surface area contributed by atoms with E-state index in [9.17, 15) is 13.2 Å². The molecule has 3 heteroatoms. The maximum absolute atomic E-state index is 12.1.